The van der Waals surface area contributed by atoms with Crippen LogP contribution in [0.5, 0.6) is 5.75 Å². The summed E-state index contributed by atoms with van der Waals surface area (Å²) in [4.78, 5) is -0.229. The summed E-state index contributed by atoms with van der Waals surface area (Å²) in [6.07, 6.45) is 0. The van der Waals surface area contributed by atoms with E-state index in [1.807, 2.05) is 6.92 Å². The first kappa shape index (κ1) is 15.0. The van der Waals surface area contributed by atoms with E-state index in [-0.39, 0.29) is 4.90 Å². The number of aryl methyl sites for hydroxylation is 1. The van der Waals surface area contributed by atoms with Crippen molar-refractivity contribution < 1.29 is 17.7 Å². The van der Waals surface area contributed by atoms with E-state index in [2.05, 4.69) is 15.9 Å². The molecule has 0 aliphatic heterocycles. The van der Waals surface area contributed by atoms with Gasteiger partial charge in [-0.2, -0.15) is 0 Å². The molecule has 0 unspecified atom stereocenters. The van der Waals surface area contributed by atoms with Crippen molar-refractivity contribution in [2.75, 3.05) is 7.11 Å². The average molecular weight is 356 g/mol. The van der Waals surface area contributed by atoms with Crippen molar-refractivity contribution in [3.63, 3.8) is 0 Å². The first-order chi connectivity index (χ1) is 9.32. The van der Waals surface area contributed by atoms with E-state index >= 15 is 0 Å². The second kappa shape index (κ2) is 5.55. The Morgan fingerprint density at radius 2 is 1.85 bits per heavy atom. The van der Waals surface area contributed by atoms with Crippen LogP contribution in [0.4, 0.5) is 0 Å². The molecule has 2 aromatic carbocycles. The van der Waals surface area contributed by atoms with Gasteiger partial charge in [0.1, 0.15) is 15.9 Å². The summed E-state index contributed by atoms with van der Waals surface area (Å²) >= 11 is 3.33. The minimum absolute atomic E-state index is 0.229. The Balaban J connectivity index is 2.72. The Labute approximate surface area is 126 Å². The van der Waals surface area contributed by atoms with Gasteiger partial charge in [0.2, 0.25) is 0 Å². The van der Waals surface area contributed by atoms with E-state index in [0.717, 1.165) is 10.0 Å². The molecule has 0 atom stereocenters. The smallest absolute Gasteiger partial charge is 0.133 e. The maximum absolute atomic E-state index is 11.4. The van der Waals surface area contributed by atoms with Gasteiger partial charge < -0.3 is 9.29 Å². The summed E-state index contributed by atoms with van der Waals surface area (Å²) in [6.45, 7) is 1.83. The zero-order valence-corrected chi connectivity index (χ0v) is 13.3. The third kappa shape index (κ3) is 3.03. The lowest BCUT2D eigenvalue weighted by Crippen LogP contribution is -2.01. The number of hydrogen-bond donors (Lipinski definition) is 0. The third-order valence-electron chi connectivity index (χ3n) is 2.87. The Morgan fingerprint density at radius 3 is 2.45 bits per heavy atom. The molecule has 0 fully saturated rings. The zero-order valence-electron chi connectivity index (χ0n) is 10.9. The van der Waals surface area contributed by atoms with Gasteiger partial charge in [-0.25, -0.2) is 8.42 Å². The van der Waals surface area contributed by atoms with Crippen LogP contribution in [0.2, 0.25) is 0 Å². The van der Waals surface area contributed by atoms with Crippen molar-refractivity contribution in [2.24, 2.45) is 0 Å². The minimum Gasteiger partial charge on any atom is -0.744 e. The van der Waals surface area contributed by atoms with Crippen molar-refractivity contribution in [1.29, 1.82) is 0 Å². The number of ether oxygens (including phenoxy) is 1. The molecule has 0 spiro atoms. The van der Waals surface area contributed by atoms with E-state index in [0.29, 0.717) is 16.9 Å². The minimum atomic E-state index is -4.53. The Hall–Kier alpha value is -1.37. The number of rotatable bonds is 3. The first-order valence-corrected chi connectivity index (χ1v) is 7.93. The number of benzene rings is 2. The van der Waals surface area contributed by atoms with Crippen LogP contribution in [0.1, 0.15) is 5.56 Å². The molecule has 0 aliphatic rings. The normalized spacial score (nSPS) is 11.4. The quantitative estimate of drug-likeness (QED) is 0.792. The summed E-state index contributed by atoms with van der Waals surface area (Å²) in [5.41, 5.74) is 1.86. The monoisotopic (exact) mass is 355 g/mol. The van der Waals surface area contributed by atoms with Crippen LogP contribution in [-0.2, 0) is 10.1 Å². The van der Waals surface area contributed by atoms with E-state index in [4.69, 9.17) is 4.74 Å². The maximum atomic E-state index is 11.4. The topological polar surface area (TPSA) is 66.4 Å². The molecule has 0 radical (unpaired) electrons. The van der Waals surface area contributed by atoms with Crippen molar-refractivity contribution in [1.82, 2.24) is 0 Å². The summed E-state index contributed by atoms with van der Waals surface area (Å²) in [5.74, 6) is 0.568. The van der Waals surface area contributed by atoms with Crippen LogP contribution >= 0.6 is 15.9 Å². The van der Waals surface area contributed by atoms with Gasteiger partial charge in [0.15, 0.2) is 0 Å². The fourth-order valence-corrected chi connectivity index (χ4v) is 3.00. The molecule has 0 amide bonds. The molecule has 4 nitrogen and oxygen atoms in total. The highest BCUT2D eigenvalue weighted by Gasteiger charge is 2.12. The molecule has 0 aromatic heterocycles. The molecular formula is C14H12BrO4S-. The van der Waals surface area contributed by atoms with Crippen LogP contribution in [0.3, 0.4) is 0 Å². The van der Waals surface area contributed by atoms with Crippen LogP contribution in [0, 0.1) is 6.92 Å². The predicted molar refractivity (Wildman–Crippen MR) is 78.8 cm³/mol. The van der Waals surface area contributed by atoms with Gasteiger partial charge in [-0.1, -0.05) is 23.8 Å². The van der Waals surface area contributed by atoms with E-state index < -0.39 is 10.1 Å². The average Bonchev–Trinajstić information content (AvgIpc) is 2.37. The van der Waals surface area contributed by atoms with Gasteiger partial charge in [-0.3, -0.25) is 0 Å². The van der Waals surface area contributed by atoms with Crippen molar-refractivity contribution >= 4 is 26.0 Å². The fraction of sp³-hybridized carbons (Fsp3) is 0.143. The van der Waals surface area contributed by atoms with E-state index in [9.17, 15) is 13.0 Å². The van der Waals surface area contributed by atoms with Gasteiger partial charge in [-0.15, -0.1) is 0 Å². The van der Waals surface area contributed by atoms with Crippen molar-refractivity contribution in [3.05, 3.63) is 46.4 Å². The maximum Gasteiger partial charge on any atom is 0.133 e. The molecule has 2 aromatic rings. The van der Waals surface area contributed by atoms with E-state index in [1.165, 1.54) is 13.2 Å². The molecule has 6 heteroatoms. The highest BCUT2D eigenvalue weighted by atomic mass is 79.9. The highest BCUT2D eigenvalue weighted by molar-refractivity contribution is 9.10. The lowest BCUT2D eigenvalue weighted by Gasteiger charge is -2.15. The van der Waals surface area contributed by atoms with Gasteiger partial charge in [0.05, 0.1) is 16.5 Å². The highest BCUT2D eigenvalue weighted by Crippen LogP contribution is 2.34. The number of halogens is 1. The zero-order chi connectivity index (χ0) is 14.9. The van der Waals surface area contributed by atoms with Crippen LogP contribution < -0.4 is 4.74 Å². The second-order valence-electron chi connectivity index (χ2n) is 4.30. The number of hydrogen-bond acceptors (Lipinski definition) is 4. The van der Waals surface area contributed by atoms with Crippen LogP contribution in [-0.4, -0.2) is 20.1 Å². The van der Waals surface area contributed by atoms with E-state index in [1.54, 1.807) is 30.3 Å². The van der Waals surface area contributed by atoms with Crippen molar-refractivity contribution in [3.8, 4) is 16.9 Å². The molecule has 0 aliphatic carbocycles. The lowest BCUT2D eigenvalue weighted by atomic mass is 10.0. The van der Waals surface area contributed by atoms with Crippen molar-refractivity contribution in [2.45, 2.75) is 11.8 Å². The number of methoxy groups -OCH3 is 1. The molecule has 106 valence electrons. The largest absolute Gasteiger partial charge is 0.744 e. The van der Waals surface area contributed by atoms with Crippen LogP contribution in [0.25, 0.3) is 11.1 Å². The predicted octanol–water partition coefficient (Wildman–Crippen LogP) is 3.34. The fourth-order valence-electron chi connectivity index (χ4n) is 1.91. The van der Waals surface area contributed by atoms with Gasteiger partial charge in [0.25, 0.3) is 0 Å². The molecule has 0 saturated heterocycles. The van der Waals surface area contributed by atoms with Crippen LogP contribution in [0.15, 0.2) is 45.8 Å². The summed E-state index contributed by atoms with van der Waals surface area (Å²) in [6, 6.07) is 9.78. The molecule has 20 heavy (non-hydrogen) atoms. The molecule has 0 heterocycles. The molecule has 2 rings (SSSR count). The molecular weight excluding hydrogens is 344 g/mol. The van der Waals surface area contributed by atoms with Gasteiger partial charge in [0, 0.05) is 0 Å². The Kier molecular flexibility index (Phi) is 4.17. The van der Waals surface area contributed by atoms with Gasteiger partial charge in [-0.05, 0) is 52.2 Å². The lowest BCUT2D eigenvalue weighted by molar-refractivity contribution is 0.412. The second-order valence-corrected chi connectivity index (χ2v) is 6.51. The standard InChI is InChI=1S/C14H13BrO4S/c1-9-3-6-14(20(16,17)18)11(7-9)10-4-5-12(15)13(8-10)19-2/h3-8H,1-2H3,(H,16,17,18)/p-1. The third-order valence-corrected chi connectivity index (χ3v) is 4.42. The summed E-state index contributed by atoms with van der Waals surface area (Å²) in [7, 11) is -3.01. The first-order valence-electron chi connectivity index (χ1n) is 5.73. The van der Waals surface area contributed by atoms with Gasteiger partial charge >= 0.3 is 0 Å². The Morgan fingerprint density at radius 1 is 1.15 bits per heavy atom. The molecule has 0 saturated carbocycles. The Bertz CT molecular complexity index is 754. The summed E-state index contributed by atoms with van der Waals surface area (Å²) in [5, 5.41) is 0. The molecule has 0 N–H and O–H groups in total. The SMILES string of the molecule is COc1cc(-c2cc(C)ccc2S(=O)(=O)[O-])ccc1Br. The molecule has 0 bridgehead atoms. The summed E-state index contributed by atoms with van der Waals surface area (Å²) < 4.78 is 40.0.